The minimum absolute atomic E-state index is 0.00772. The van der Waals surface area contributed by atoms with Crippen LogP contribution in [0.25, 0.3) is 0 Å². The Kier molecular flexibility index (Phi) is 7.37. The second-order valence-corrected chi connectivity index (χ2v) is 8.65. The Bertz CT molecular complexity index is 1140. The van der Waals surface area contributed by atoms with E-state index in [1.165, 1.54) is 31.4 Å². The summed E-state index contributed by atoms with van der Waals surface area (Å²) in [6.07, 6.45) is 0. The molecular weight excluding hydrogens is 430 g/mol. The number of hydrogen-bond donors (Lipinski definition) is 0. The molecule has 3 aromatic carbocycles. The number of amides is 1. The molecule has 3 aromatic rings. The van der Waals surface area contributed by atoms with Crippen LogP contribution in [0.15, 0.2) is 77.7 Å². The van der Waals surface area contributed by atoms with Crippen molar-refractivity contribution in [2.75, 3.05) is 24.6 Å². The van der Waals surface area contributed by atoms with Gasteiger partial charge in [-0.3, -0.25) is 4.79 Å². The summed E-state index contributed by atoms with van der Waals surface area (Å²) in [5.74, 6) is 0.904. The van der Waals surface area contributed by atoms with Crippen molar-refractivity contribution in [1.82, 2.24) is 0 Å². The van der Waals surface area contributed by atoms with Crippen molar-refractivity contribution in [2.24, 2.45) is 0 Å². The van der Waals surface area contributed by atoms with Gasteiger partial charge in [0.25, 0.3) is 15.9 Å². The van der Waals surface area contributed by atoms with Crippen LogP contribution >= 0.6 is 0 Å². The van der Waals surface area contributed by atoms with Crippen LogP contribution in [-0.4, -0.2) is 34.6 Å². The maximum absolute atomic E-state index is 13.4. The molecule has 168 valence electrons. The van der Waals surface area contributed by atoms with E-state index in [2.05, 4.69) is 0 Å². The Morgan fingerprint density at radius 2 is 1.34 bits per heavy atom. The average Bonchev–Trinajstić information content (AvgIpc) is 2.79. The monoisotopic (exact) mass is 455 g/mol. The van der Waals surface area contributed by atoms with Gasteiger partial charge in [-0.05, 0) is 74.5 Å². The predicted octanol–water partition coefficient (Wildman–Crippen LogP) is 4.20. The van der Waals surface area contributed by atoms with E-state index in [9.17, 15) is 13.2 Å². The fraction of sp³-hybridized carbons (Fsp3) is 0.208. The zero-order valence-corrected chi connectivity index (χ0v) is 19.0. The predicted molar refractivity (Wildman–Crippen MR) is 122 cm³/mol. The van der Waals surface area contributed by atoms with Gasteiger partial charge in [-0.1, -0.05) is 17.7 Å². The maximum atomic E-state index is 13.4. The van der Waals surface area contributed by atoms with E-state index in [-0.39, 0.29) is 10.6 Å². The van der Waals surface area contributed by atoms with Crippen molar-refractivity contribution < 1.29 is 27.4 Å². The molecule has 0 radical (unpaired) electrons. The highest BCUT2D eigenvalue weighted by Crippen LogP contribution is 2.27. The fourth-order valence-electron chi connectivity index (χ4n) is 2.95. The number of anilines is 1. The van der Waals surface area contributed by atoms with Crippen molar-refractivity contribution in [3.8, 4) is 17.2 Å². The van der Waals surface area contributed by atoms with E-state index in [4.69, 9.17) is 14.2 Å². The number of methoxy groups -OCH3 is 1. The zero-order chi connectivity index (χ0) is 23.1. The van der Waals surface area contributed by atoms with Gasteiger partial charge in [0.2, 0.25) is 0 Å². The number of benzene rings is 3. The number of nitrogens with zero attached hydrogens (tertiary/aromatic N) is 1. The second-order valence-electron chi connectivity index (χ2n) is 6.87. The average molecular weight is 456 g/mol. The summed E-state index contributed by atoms with van der Waals surface area (Å²) < 4.78 is 43.6. The van der Waals surface area contributed by atoms with Crippen LogP contribution in [0.4, 0.5) is 5.69 Å². The molecule has 8 heteroatoms. The van der Waals surface area contributed by atoms with Gasteiger partial charge >= 0.3 is 0 Å². The Balaban J connectivity index is 1.88. The van der Waals surface area contributed by atoms with E-state index in [0.717, 1.165) is 9.87 Å². The molecule has 0 aromatic heterocycles. The van der Waals surface area contributed by atoms with Crippen LogP contribution in [-0.2, 0) is 14.8 Å². The second kappa shape index (κ2) is 10.2. The van der Waals surface area contributed by atoms with E-state index in [1.807, 2.05) is 13.8 Å². The van der Waals surface area contributed by atoms with Crippen molar-refractivity contribution in [1.29, 1.82) is 0 Å². The lowest BCUT2D eigenvalue weighted by atomic mass is 10.2. The molecule has 0 atom stereocenters. The quantitative estimate of drug-likeness (QED) is 0.481. The van der Waals surface area contributed by atoms with Gasteiger partial charge in [-0.25, -0.2) is 8.42 Å². The molecule has 0 unspecified atom stereocenters. The normalized spacial score (nSPS) is 11.0. The summed E-state index contributed by atoms with van der Waals surface area (Å²) in [6, 6.07) is 19.3. The molecule has 0 fully saturated rings. The number of carbonyl (C=O) groups excluding carboxylic acids is 1. The Morgan fingerprint density at radius 1 is 0.812 bits per heavy atom. The summed E-state index contributed by atoms with van der Waals surface area (Å²) in [7, 11) is -2.66. The third-order valence-corrected chi connectivity index (χ3v) is 6.35. The van der Waals surface area contributed by atoms with E-state index in [1.54, 1.807) is 48.5 Å². The largest absolute Gasteiger partial charge is 0.497 e. The number of sulfonamides is 1. The first-order valence-corrected chi connectivity index (χ1v) is 11.4. The van der Waals surface area contributed by atoms with Crippen LogP contribution in [0.3, 0.4) is 0 Å². The first kappa shape index (κ1) is 23.1. The van der Waals surface area contributed by atoms with Crippen LogP contribution < -0.4 is 18.5 Å². The highest BCUT2D eigenvalue weighted by atomic mass is 32.2. The van der Waals surface area contributed by atoms with Crippen molar-refractivity contribution in [3.05, 3.63) is 78.4 Å². The van der Waals surface area contributed by atoms with Crippen molar-refractivity contribution in [3.63, 3.8) is 0 Å². The summed E-state index contributed by atoms with van der Waals surface area (Å²) in [6.45, 7) is 3.80. The molecule has 1 amide bonds. The van der Waals surface area contributed by atoms with Crippen LogP contribution in [0.2, 0.25) is 0 Å². The molecule has 7 nitrogen and oxygen atoms in total. The lowest BCUT2D eigenvalue weighted by Crippen LogP contribution is -2.40. The summed E-state index contributed by atoms with van der Waals surface area (Å²) in [5, 5.41) is 0. The molecule has 0 aliphatic heterocycles. The van der Waals surface area contributed by atoms with Gasteiger partial charge in [-0.2, -0.15) is 4.31 Å². The van der Waals surface area contributed by atoms with Gasteiger partial charge < -0.3 is 14.2 Å². The number of aryl methyl sites for hydroxylation is 1. The molecule has 0 saturated carbocycles. The van der Waals surface area contributed by atoms with Crippen LogP contribution in [0.5, 0.6) is 17.2 Å². The zero-order valence-electron chi connectivity index (χ0n) is 18.1. The molecule has 32 heavy (non-hydrogen) atoms. The summed E-state index contributed by atoms with van der Waals surface area (Å²) >= 11 is 0. The van der Waals surface area contributed by atoms with Gasteiger partial charge in [0.05, 0.1) is 24.3 Å². The number of rotatable bonds is 9. The number of hydrogen-bond acceptors (Lipinski definition) is 6. The molecule has 0 bridgehead atoms. The molecular formula is C24H25NO6S. The first-order chi connectivity index (χ1) is 15.3. The van der Waals surface area contributed by atoms with E-state index < -0.39 is 22.5 Å². The molecule has 0 spiro atoms. The minimum atomic E-state index is -4.17. The highest BCUT2D eigenvalue weighted by Gasteiger charge is 2.31. The molecule has 0 aliphatic rings. The van der Waals surface area contributed by atoms with Crippen molar-refractivity contribution in [2.45, 2.75) is 18.7 Å². The molecule has 0 heterocycles. The molecule has 3 rings (SSSR count). The van der Waals surface area contributed by atoms with E-state index >= 15 is 0 Å². The van der Waals surface area contributed by atoms with Crippen LogP contribution in [0.1, 0.15) is 12.5 Å². The van der Waals surface area contributed by atoms with Gasteiger partial charge in [0, 0.05) is 0 Å². The topological polar surface area (TPSA) is 82.1 Å². The summed E-state index contributed by atoms with van der Waals surface area (Å²) in [4.78, 5) is 13.1. The Morgan fingerprint density at radius 3 is 1.88 bits per heavy atom. The first-order valence-electron chi connectivity index (χ1n) is 9.99. The lowest BCUT2D eigenvalue weighted by molar-refractivity contribution is -0.119. The molecule has 0 aliphatic carbocycles. The van der Waals surface area contributed by atoms with Crippen LogP contribution in [0, 0.1) is 6.92 Å². The minimum Gasteiger partial charge on any atom is -0.497 e. The van der Waals surface area contributed by atoms with E-state index in [0.29, 0.717) is 23.9 Å². The smallest absolute Gasteiger partial charge is 0.278 e. The van der Waals surface area contributed by atoms with Gasteiger partial charge in [0.1, 0.15) is 17.2 Å². The molecule has 0 N–H and O–H groups in total. The molecule has 0 saturated heterocycles. The van der Waals surface area contributed by atoms with Crippen molar-refractivity contribution >= 4 is 21.6 Å². The Labute approximate surface area is 188 Å². The standard InChI is InChI=1S/C24H25NO6S/c1-4-30-21-11-13-22(14-12-21)31-17-24(26)25(19-7-9-20(29-3)10-8-19)32(27,28)23-15-5-18(2)6-16-23/h5-16H,4,17H2,1-3H3. The lowest BCUT2D eigenvalue weighted by Gasteiger charge is -2.23. The third kappa shape index (κ3) is 5.39. The SMILES string of the molecule is CCOc1ccc(OCC(=O)N(c2ccc(OC)cc2)S(=O)(=O)c2ccc(C)cc2)cc1. The highest BCUT2D eigenvalue weighted by molar-refractivity contribution is 7.93. The number of carbonyl (C=O) groups is 1. The van der Waals surface area contributed by atoms with Gasteiger partial charge in [-0.15, -0.1) is 0 Å². The Hall–Kier alpha value is -3.52. The maximum Gasteiger partial charge on any atom is 0.278 e. The van der Waals surface area contributed by atoms with Gasteiger partial charge in [0.15, 0.2) is 6.61 Å². The fourth-order valence-corrected chi connectivity index (χ4v) is 4.36. The number of ether oxygens (including phenoxy) is 3. The summed E-state index contributed by atoms with van der Waals surface area (Å²) in [5.41, 5.74) is 1.09. The third-order valence-electron chi connectivity index (χ3n) is 4.59.